The van der Waals surface area contributed by atoms with Gasteiger partial charge >= 0.3 is 6.01 Å². The summed E-state index contributed by atoms with van der Waals surface area (Å²) < 4.78 is 30.4. The van der Waals surface area contributed by atoms with Gasteiger partial charge in [0, 0.05) is 0 Å². The predicted octanol–water partition coefficient (Wildman–Crippen LogP) is 0.247. The summed E-state index contributed by atoms with van der Waals surface area (Å²) in [5.74, 6) is -0.0675. The molecule has 94 valence electrons. The lowest BCUT2D eigenvalue weighted by atomic mass is 10.4. The number of aromatic nitrogens is 3. The second-order valence-electron chi connectivity index (χ2n) is 3.07. The SMILES string of the molecule is CCOc1n[nH]c(NS(=O)(=O)C(C#N)CC)n1. The van der Waals surface area contributed by atoms with Crippen LogP contribution in [0.3, 0.4) is 0 Å². The minimum Gasteiger partial charge on any atom is -0.463 e. The lowest BCUT2D eigenvalue weighted by molar-refractivity contribution is 0.314. The van der Waals surface area contributed by atoms with Crippen LogP contribution in [-0.2, 0) is 10.0 Å². The van der Waals surface area contributed by atoms with E-state index >= 15 is 0 Å². The summed E-state index contributed by atoms with van der Waals surface area (Å²) in [4.78, 5) is 3.75. The van der Waals surface area contributed by atoms with Crippen molar-refractivity contribution in [2.24, 2.45) is 0 Å². The van der Waals surface area contributed by atoms with Gasteiger partial charge in [0.15, 0.2) is 5.25 Å². The fourth-order valence-electron chi connectivity index (χ4n) is 1.07. The average Bonchev–Trinajstić information content (AvgIpc) is 2.66. The second-order valence-corrected chi connectivity index (χ2v) is 4.94. The number of hydrogen-bond donors (Lipinski definition) is 2. The molecule has 8 nitrogen and oxygen atoms in total. The molecule has 1 atom stereocenters. The van der Waals surface area contributed by atoms with E-state index in [9.17, 15) is 8.42 Å². The number of nitrogens with one attached hydrogen (secondary N) is 2. The zero-order valence-corrected chi connectivity index (χ0v) is 10.3. The molecular weight excluding hydrogens is 246 g/mol. The maximum atomic E-state index is 11.7. The van der Waals surface area contributed by atoms with Crippen molar-refractivity contribution >= 4 is 16.0 Å². The van der Waals surface area contributed by atoms with Crippen molar-refractivity contribution in [2.75, 3.05) is 11.3 Å². The molecule has 9 heteroatoms. The van der Waals surface area contributed by atoms with Crippen LogP contribution in [0.2, 0.25) is 0 Å². The Morgan fingerprint density at radius 2 is 2.29 bits per heavy atom. The van der Waals surface area contributed by atoms with Crippen molar-refractivity contribution in [2.45, 2.75) is 25.5 Å². The van der Waals surface area contributed by atoms with Crippen LogP contribution in [0, 0.1) is 11.3 Å². The molecule has 0 aliphatic rings. The Labute approximate surface area is 99.1 Å². The molecule has 0 amide bonds. The van der Waals surface area contributed by atoms with Gasteiger partial charge in [-0.3, -0.25) is 4.72 Å². The number of ether oxygens (including phenoxy) is 1. The molecule has 0 fully saturated rings. The molecule has 0 aromatic carbocycles. The van der Waals surface area contributed by atoms with Crippen LogP contribution in [0.25, 0.3) is 0 Å². The highest BCUT2D eigenvalue weighted by Crippen LogP contribution is 2.11. The summed E-state index contributed by atoms with van der Waals surface area (Å²) in [6, 6.07) is 1.75. The number of hydrogen-bond acceptors (Lipinski definition) is 6. The van der Waals surface area contributed by atoms with E-state index in [2.05, 4.69) is 19.9 Å². The molecule has 1 aromatic heterocycles. The van der Waals surface area contributed by atoms with Crippen molar-refractivity contribution in [1.82, 2.24) is 15.2 Å². The van der Waals surface area contributed by atoms with E-state index in [0.29, 0.717) is 6.61 Å². The molecule has 1 rings (SSSR count). The molecule has 17 heavy (non-hydrogen) atoms. The van der Waals surface area contributed by atoms with Crippen LogP contribution in [0.1, 0.15) is 20.3 Å². The third kappa shape index (κ3) is 3.32. The summed E-state index contributed by atoms with van der Waals surface area (Å²) in [6.45, 7) is 3.74. The first-order valence-corrected chi connectivity index (χ1v) is 6.54. The highest BCUT2D eigenvalue weighted by molar-refractivity contribution is 7.93. The second kappa shape index (κ2) is 5.49. The van der Waals surface area contributed by atoms with Crippen molar-refractivity contribution in [3.05, 3.63) is 0 Å². The Morgan fingerprint density at radius 1 is 1.59 bits per heavy atom. The zero-order chi connectivity index (χ0) is 12.9. The zero-order valence-electron chi connectivity index (χ0n) is 9.47. The quantitative estimate of drug-likeness (QED) is 0.755. The maximum Gasteiger partial charge on any atom is 0.337 e. The lowest BCUT2D eigenvalue weighted by Gasteiger charge is -2.07. The Bertz CT molecular complexity index is 503. The molecule has 1 aromatic rings. The molecule has 0 saturated heterocycles. The van der Waals surface area contributed by atoms with E-state index in [0.717, 1.165) is 0 Å². The summed E-state index contributed by atoms with van der Waals surface area (Å²) >= 11 is 0. The number of rotatable bonds is 6. The van der Waals surface area contributed by atoms with Gasteiger partial charge in [-0.1, -0.05) is 6.92 Å². The van der Waals surface area contributed by atoms with Gasteiger partial charge in [0.2, 0.25) is 5.95 Å². The normalized spacial score (nSPS) is 12.8. The van der Waals surface area contributed by atoms with Crippen LogP contribution in [0.5, 0.6) is 6.01 Å². The van der Waals surface area contributed by atoms with Gasteiger partial charge in [0.25, 0.3) is 10.0 Å². The van der Waals surface area contributed by atoms with E-state index in [1.165, 1.54) is 0 Å². The summed E-state index contributed by atoms with van der Waals surface area (Å²) in [7, 11) is -3.78. The minimum atomic E-state index is -3.78. The maximum absolute atomic E-state index is 11.7. The van der Waals surface area contributed by atoms with Crippen LogP contribution in [0.15, 0.2) is 0 Å². The van der Waals surface area contributed by atoms with Crippen LogP contribution in [-0.4, -0.2) is 35.5 Å². The number of sulfonamides is 1. The first kappa shape index (κ1) is 13.2. The number of nitriles is 1. The number of aromatic amines is 1. The molecule has 0 aliphatic heterocycles. The van der Waals surface area contributed by atoms with Crippen molar-refractivity contribution < 1.29 is 13.2 Å². The van der Waals surface area contributed by atoms with Gasteiger partial charge in [0.1, 0.15) is 0 Å². The Hall–Kier alpha value is -1.82. The summed E-state index contributed by atoms with van der Waals surface area (Å²) in [5, 5.41) is 13.6. The van der Waals surface area contributed by atoms with Crippen LogP contribution >= 0.6 is 0 Å². The van der Waals surface area contributed by atoms with Crippen molar-refractivity contribution in [3.63, 3.8) is 0 Å². The van der Waals surface area contributed by atoms with Gasteiger partial charge in [-0.2, -0.15) is 10.2 Å². The minimum absolute atomic E-state index is 0.0511. The molecule has 1 heterocycles. The molecule has 0 spiro atoms. The highest BCUT2D eigenvalue weighted by atomic mass is 32.2. The first-order chi connectivity index (χ1) is 8.03. The molecule has 1 unspecified atom stereocenters. The van der Waals surface area contributed by atoms with Gasteiger partial charge in [-0.25, -0.2) is 13.5 Å². The number of nitrogens with zero attached hydrogens (tertiary/aromatic N) is 3. The average molecular weight is 259 g/mol. The summed E-state index contributed by atoms with van der Waals surface area (Å²) in [5.41, 5.74) is 0. The first-order valence-electron chi connectivity index (χ1n) is 5.00. The lowest BCUT2D eigenvalue weighted by Crippen LogP contribution is -2.26. The van der Waals surface area contributed by atoms with Crippen molar-refractivity contribution in [1.29, 1.82) is 5.26 Å². The third-order valence-electron chi connectivity index (χ3n) is 1.87. The van der Waals surface area contributed by atoms with E-state index in [4.69, 9.17) is 10.00 Å². The van der Waals surface area contributed by atoms with E-state index in [1.807, 2.05) is 0 Å². The monoisotopic (exact) mass is 259 g/mol. The topological polar surface area (TPSA) is 121 Å². The Morgan fingerprint density at radius 3 is 2.82 bits per heavy atom. The predicted molar refractivity (Wildman–Crippen MR) is 59.8 cm³/mol. The van der Waals surface area contributed by atoms with E-state index in [1.54, 1.807) is 19.9 Å². The Kier molecular flexibility index (Phi) is 4.28. The molecule has 0 aliphatic carbocycles. The smallest absolute Gasteiger partial charge is 0.337 e. The van der Waals surface area contributed by atoms with E-state index < -0.39 is 15.3 Å². The van der Waals surface area contributed by atoms with Crippen LogP contribution in [0.4, 0.5) is 5.95 Å². The molecule has 0 saturated carbocycles. The van der Waals surface area contributed by atoms with Crippen molar-refractivity contribution in [3.8, 4) is 12.1 Å². The van der Waals surface area contributed by atoms with Gasteiger partial charge in [0.05, 0.1) is 12.7 Å². The van der Waals surface area contributed by atoms with Gasteiger partial charge in [-0.05, 0) is 13.3 Å². The largest absolute Gasteiger partial charge is 0.463 e. The van der Waals surface area contributed by atoms with Gasteiger partial charge < -0.3 is 4.74 Å². The number of anilines is 1. The van der Waals surface area contributed by atoms with Crippen LogP contribution < -0.4 is 9.46 Å². The molecule has 0 radical (unpaired) electrons. The molecular formula is C8H13N5O3S. The molecule has 0 bridgehead atoms. The van der Waals surface area contributed by atoms with Gasteiger partial charge in [-0.15, -0.1) is 5.10 Å². The third-order valence-corrected chi connectivity index (χ3v) is 3.53. The molecule has 2 N–H and O–H groups in total. The fraction of sp³-hybridized carbons (Fsp3) is 0.625. The Balaban J connectivity index is 2.80. The summed E-state index contributed by atoms with van der Waals surface area (Å²) in [6.07, 6.45) is 0.193. The fourth-order valence-corrected chi connectivity index (χ4v) is 2.15. The van der Waals surface area contributed by atoms with E-state index in [-0.39, 0.29) is 18.4 Å². The number of H-pyrrole nitrogens is 1. The highest BCUT2D eigenvalue weighted by Gasteiger charge is 2.24. The standard InChI is InChI=1S/C8H13N5O3S/c1-3-6(5-9)17(14,15)13-7-10-8(12-11-7)16-4-2/h6H,3-4H2,1-2H3,(H2,10,11,12,13).